The molecule has 0 aromatic heterocycles. The number of amides is 1. The zero-order chi connectivity index (χ0) is 24.6. The van der Waals surface area contributed by atoms with Gasteiger partial charge in [-0.3, -0.25) is 4.79 Å². The van der Waals surface area contributed by atoms with Crippen molar-refractivity contribution in [1.29, 1.82) is 0 Å². The molecule has 0 bridgehead atoms. The molecule has 0 radical (unpaired) electrons. The Hall–Kier alpha value is -2.73. The molecular weight excluding hydrogens is 466 g/mol. The second-order valence-electron chi connectivity index (χ2n) is 7.00. The van der Waals surface area contributed by atoms with E-state index in [0.29, 0.717) is 11.3 Å². The van der Waals surface area contributed by atoms with E-state index < -0.39 is 26.0 Å². The Bertz CT molecular complexity index is 1190. The molecule has 0 unspecified atom stereocenters. The van der Waals surface area contributed by atoms with Crippen molar-refractivity contribution in [3.05, 3.63) is 66.2 Å². The van der Waals surface area contributed by atoms with Crippen molar-refractivity contribution in [1.82, 2.24) is 9.03 Å². The number of ether oxygens (including phenoxy) is 1. The summed E-state index contributed by atoms with van der Waals surface area (Å²) in [6.45, 7) is 7.64. The van der Waals surface area contributed by atoms with Gasteiger partial charge in [-0.15, -0.1) is 6.58 Å². The fourth-order valence-corrected chi connectivity index (χ4v) is 5.81. The fourth-order valence-electron chi connectivity index (χ4n) is 3.07. The van der Waals surface area contributed by atoms with Gasteiger partial charge >= 0.3 is 0 Å². The number of carbonyl (C=O) groups excluding carboxylic acids is 1. The minimum Gasteiger partial charge on any atom is -0.495 e. The smallest absolute Gasteiger partial charge is 0.255 e. The Balaban J connectivity index is 2.23. The summed E-state index contributed by atoms with van der Waals surface area (Å²) < 4.78 is 58.8. The minimum absolute atomic E-state index is 0.0890. The topological polar surface area (TPSA) is 122 Å². The number of benzene rings is 2. The van der Waals surface area contributed by atoms with E-state index in [1.165, 1.54) is 35.7 Å². The molecule has 0 aliphatic carbocycles. The van der Waals surface area contributed by atoms with Crippen LogP contribution in [0.2, 0.25) is 0 Å². The summed E-state index contributed by atoms with van der Waals surface area (Å²) in [6, 6.07) is 10.5. The monoisotopic (exact) mass is 495 g/mol. The molecule has 9 nitrogen and oxygen atoms in total. The van der Waals surface area contributed by atoms with Gasteiger partial charge in [0.25, 0.3) is 5.91 Å². The van der Waals surface area contributed by atoms with Gasteiger partial charge in [-0.2, -0.15) is 4.31 Å². The average molecular weight is 496 g/mol. The standard InChI is InChI=1S/C22H29N3O6S2/c1-5-14-23-32(27,28)16-17-8-11-19(12-9-17)24-22(26)18-10-13-20(31-4)21(15-18)33(29,30)25(6-2)7-3/h5,8-13,15,23H,1,6-7,14,16H2,2-4H3,(H,24,26). The molecule has 0 fully saturated rings. The zero-order valence-corrected chi connectivity index (χ0v) is 20.5. The molecule has 2 N–H and O–H groups in total. The first-order valence-corrected chi connectivity index (χ1v) is 13.3. The maximum atomic E-state index is 13.0. The van der Waals surface area contributed by atoms with Crippen molar-refractivity contribution in [2.45, 2.75) is 24.5 Å². The van der Waals surface area contributed by atoms with Crippen LogP contribution in [0.3, 0.4) is 0 Å². The van der Waals surface area contributed by atoms with Crippen LogP contribution in [-0.2, 0) is 25.8 Å². The number of anilines is 1. The number of nitrogens with one attached hydrogen (secondary N) is 2. The normalized spacial score (nSPS) is 11.9. The Morgan fingerprint density at radius 2 is 1.70 bits per heavy atom. The van der Waals surface area contributed by atoms with Crippen molar-refractivity contribution in [2.75, 3.05) is 32.1 Å². The van der Waals surface area contributed by atoms with Crippen LogP contribution in [0.4, 0.5) is 5.69 Å². The first kappa shape index (κ1) is 26.5. The van der Waals surface area contributed by atoms with Gasteiger partial charge < -0.3 is 10.1 Å². The lowest BCUT2D eigenvalue weighted by Crippen LogP contribution is -2.31. The van der Waals surface area contributed by atoms with Crippen LogP contribution in [-0.4, -0.2) is 53.8 Å². The molecule has 33 heavy (non-hydrogen) atoms. The molecular formula is C22H29N3O6S2. The van der Waals surface area contributed by atoms with Crippen LogP contribution in [0, 0.1) is 0 Å². The first-order valence-electron chi connectivity index (χ1n) is 10.2. The van der Waals surface area contributed by atoms with Crippen LogP contribution in [0.1, 0.15) is 29.8 Å². The number of hydrogen-bond acceptors (Lipinski definition) is 6. The summed E-state index contributed by atoms with van der Waals surface area (Å²) >= 11 is 0. The van der Waals surface area contributed by atoms with E-state index in [-0.39, 0.29) is 41.6 Å². The second-order valence-corrected chi connectivity index (χ2v) is 10.7. The summed E-state index contributed by atoms with van der Waals surface area (Å²) in [7, 11) is -5.97. The highest BCUT2D eigenvalue weighted by atomic mass is 32.2. The van der Waals surface area contributed by atoms with Gasteiger partial charge in [-0.05, 0) is 35.9 Å². The van der Waals surface area contributed by atoms with E-state index in [9.17, 15) is 21.6 Å². The maximum Gasteiger partial charge on any atom is 0.255 e. The Kier molecular flexibility index (Phi) is 9.17. The maximum absolute atomic E-state index is 13.0. The summed E-state index contributed by atoms with van der Waals surface area (Å²) in [4.78, 5) is 12.7. The van der Waals surface area contributed by atoms with Gasteiger partial charge in [0.1, 0.15) is 10.6 Å². The molecule has 11 heteroatoms. The zero-order valence-electron chi connectivity index (χ0n) is 18.9. The molecule has 2 aromatic rings. The molecule has 0 heterocycles. The predicted molar refractivity (Wildman–Crippen MR) is 128 cm³/mol. The lowest BCUT2D eigenvalue weighted by molar-refractivity contribution is 0.102. The summed E-state index contributed by atoms with van der Waals surface area (Å²) in [6.07, 6.45) is 1.45. The molecule has 0 saturated heterocycles. The highest BCUT2D eigenvalue weighted by Gasteiger charge is 2.26. The van der Waals surface area contributed by atoms with Crippen molar-refractivity contribution in [2.24, 2.45) is 0 Å². The van der Waals surface area contributed by atoms with Crippen molar-refractivity contribution >= 4 is 31.6 Å². The fraction of sp³-hybridized carbons (Fsp3) is 0.318. The van der Waals surface area contributed by atoms with Gasteiger partial charge in [-0.25, -0.2) is 21.6 Å². The highest BCUT2D eigenvalue weighted by Crippen LogP contribution is 2.28. The van der Waals surface area contributed by atoms with E-state index >= 15 is 0 Å². The van der Waals surface area contributed by atoms with E-state index in [4.69, 9.17) is 4.74 Å². The average Bonchev–Trinajstić information content (AvgIpc) is 2.79. The van der Waals surface area contributed by atoms with E-state index in [2.05, 4.69) is 16.6 Å². The third-order valence-corrected chi connectivity index (χ3v) is 8.16. The highest BCUT2D eigenvalue weighted by molar-refractivity contribution is 7.89. The Morgan fingerprint density at radius 1 is 1.06 bits per heavy atom. The van der Waals surface area contributed by atoms with Gasteiger partial charge in [0.05, 0.1) is 12.9 Å². The molecule has 0 aliphatic rings. The van der Waals surface area contributed by atoms with Crippen LogP contribution in [0.5, 0.6) is 5.75 Å². The summed E-state index contributed by atoms with van der Waals surface area (Å²) in [5, 5.41) is 2.69. The van der Waals surface area contributed by atoms with Gasteiger partial charge in [0.2, 0.25) is 20.0 Å². The molecule has 2 rings (SSSR count). The Labute approximate surface area is 195 Å². The molecule has 180 valence electrons. The minimum atomic E-state index is -3.84. The van der Waals surface area contributed by atoms with E-state index in [1.807, 2.05) is 0 Å². The van der Waals surface area contributed by atoms with E-state index in [1.54, 1.807) is 38.1 Å². The predicted octanol–water partition coefficient (Wildman–Crippen LogP) is 2.58. The molecule has 0 spiro atoms. The molecule has 0 aliphatic heterocycles. The molecule has 1 amide bonds. The lowest BCUT2D eigenvalue weighted by Gasteiger charge is -2.20. The molecule has 2 aromatic carbocycles. The van der Waals surface area contributed by atoms with Crippen LogP contribution in [0.15, 0.2) is 60.0 Å². The number of methoxy groups -OCH3 is 1. The largest absolute Gasteiger partial charge is 0.495 e. The third kappa shape index (κ3) is 6.87. The number of hydrogen-bond donors (Lipinski definition) is 2. The molecule has 0 saturated carbocycles. The van der Waals surface area contributed by atoms with Crippen molar-refractivity contribution < 1.29 is 26.4 Å². The third-order valence-electron chi connectivity index (χ3n) is 4.77. The first-order chi connectivity index (χ1) is 15.6. The van der Waals surface area contributed by atoms with Crippen molar-refractivity contribution in [3.8, 4) is 5.75 Å². The summed E-state index contributed by atoms with van der Waals surface area (Å²) in [5.74, 6) is -0.573. The molecule has 0 atom stereocenters. The number of sulfonamides is 2. The van der Waals surface area contributed by atoms with Crippen LogP contribution >= 0.6 is 0 Å². The summed E-state index contributed by atoms with van der Waals surface area (Å²) in [5.41, 5.74) is 1.12. The van der Waals surface area contributed by atoms with Gasteiger partial charge in [-0.1, -0.05) is 32.1 Å². The number of rotatable bonds is 12. The van der Waals surface area contributed by atoms with Gasteiger partial charge in [0, 0.05) is 30.9 Å². The van der Waals surface area contributed by atoms with Crippen LogP contribution in [0.25, 0.3) is 0 Å². The SMILES string of the molecule is C=CCNS(=O)(=O)Cc1ccc(NC(=O)c2ccc(OC)c(S(=O)(=O)N(CC)CC)c2)cc1. The number of nitrogens with zero attached hydrogens (tertiary/aromatic N) is 1. The van der Waals surface area contributed by atoms with E-state index in [0.717, 1.165) is 0 Å². The Morgan fingerprint density at radius 3 is 2.24 bits per heavy atom. The number of carbonyl (C=O) groups is 1. The van der Waals surface area contributed by atoms with Crippen molar-refractivity contribution in [3.63, 3.8) is 0 Å². The quantitative estimate of drug-likeness (QED) is 0.437. The second kappa shape index (κ2) is 11.4. The lowest BCUT2D eigenvalue weighted by atomic mass is 10.2. The van der Waals surface area contributed by atoms with Crippen LogP contribution < -0.4 is 14.8 Å². The van der Waals surface area contributed by atoms with Gasteiger partial charge in [0.15, 0.2) is 0 Å².